The van der Waals surface area contributed by atoms with E-state index in [0.717, 1.165) is 57.9 Å². The van der Waals surface area contributed by atoms with Crippen molar-refractivity contribution < 1.29 is 14.3 Å². The number of nitrogens with one attached hydrogen (secondary N) is 1. The highest BCUT2D eigenvalue weighted by Crippen LogP contribution is 2.42. The van der Waals surface area contributed by atoms with Crippen LogP contribution in [0.25, 0.3) is 10.2 Å². The molecular formula is C26H30N6O3S. The van der Waals surface area contributed by atoms with Crippen LogP contribution in [0.1, 0.15) is 34.9 Å². The van der Waals surface area contributed by atoms with E-state index >= 15 is 0 Å². The fourth-order valence-corrected chi connectivity index (χ4v) is 6.62. The van der Waals surface area contributed by atoms with Gasteiger partial charge in [-0.3, -0.25) is 9.79 Å². The summed E-state index contributed by atoms with van der Waals surface area (Å²) in [6.45, 7) is 5.50. The third-order valence-electron chi connectivity index (χ3n) is 7.21. The van der Waals surface area contributed by atoms with Crippen LogP contribution in [0.4, 0.5) is 11.5 Å². The van der Waals surface area contributed by atoms with Crippen LogP contribution in [0.3, 0.4) is 0 Å². The van der Waals surface area contributed by atoms with Crippen molar-refractivity contribution in [2.45, 2.75) is 38.8 Å². The molecule has 3 N–H and O–H groups in total. The molecule has 9 nitrogen and oxygen atoms in total. The van der Waals surface area contributed by atoms with Gasteiger partial charge in [0.05, 0.1) is 36.9 Å². The summed E-state index contributed by atoms with van der Waals surface area (Å²) in [5.74, 6) is 1.75. The predicted octanol–water partition coefficient (Wildman–Crippen LogP) is 3.06. The zero-order valence-electron chi connectivity index (χ0n) is 20.3. The Balaban J connectivity index is 1.30. The van der Waals surface area contributed by atoms with Crippen LogP contribution in [-0.4, -0.2) is 65.9 Å². The molecule has 6 rings (SSSR count). The van der Waals surface area contributed by atoms with Gasteiger partial charge in [-0.2, -0.15) is 0 Å². The number of aromatic nitrogens is 2. The SMILES string of the molecule is C[C@@H]1COCCN1C(=O)[C@H]1CCc2c(sc3ncnc(Nc4cc5c(cc4OCCN)CN=C5)c23)C1. The number of fused-ring (bicyclic) bond motifs is 4. The number of rotatable bonds is 6. The Morgan fingerprint density at radius 3 is 3.14 bits per heavy atom. The highest BCUT2D eigenvalue weighted by atomic mass is 32.1. The third kappa shape index (κ3) is 4.23. The summed E-state index contributed by atoms with van der Waals surface area (Å²) < 4.78 is 11.5. The number of hydrogen-bond donors (Lipinski definition) is 2. The molecule has 36 heavy (non-hydrogen) atoms. The Bertz CT molecular complexity index is 1340. The molecule has 0 radical (unpaired) electrons. The summed E-state index contributed by atoms with van der Waals surface area (Å²) in [6.07, 6.45) is 5.90. The largest absolute Gasteiger partial charge is 0.490 e. The summed E-state index contributed by atoms with van der Waals surface area (Å²) in [6, 6.07) is 4.22. The molecule has 0 saturated carbocycles. The maximum absolute atomic E-state index is 13.3. The molecule has 2 atom stereocenters. The normalized spacial score (nSPS) is 20.9. The molecule has 1 saturated heterocycles. The average molecular weight is 507 g/mol. The van der Waals surface area contributed by atoms with E-state index in [1.54, 1.807) is 17.7 Å². The van der Waals surface area contributed by atoms with Gasteiger partial charge < -0.3 is 25.4 Å². The first-order chi connectivity index (χ1) is 17.6. The van der Waals surface area contributed by atoms with Gasteiger partial charge in [0.15, 0.2) is 0 Å². The molecule has 2 aromatic heterocycles. The Morgan fingerprint density at radius 2 is 2.28 bits per heavy atom. The number of nitrogens with zero attached hydrogens (tertiary/aromatic N) is 4. The van der Waals surface area contributed by atoms with E-state index in [-0.39, 0.29) is 17.9 Å². The third-order valence-corrected chi connectivity index (χ3v) is 8.37. The Labute approximate surface area is 213 Å². The van der Waals surface area contributed by atoms with Gasteiger partial charge >= 0.3 is 0 Å². The standard InChI is InChI=1S/C26H30N6O3S/c1-15-13-34-7-5-32(15)26(33)16-2-3-19-22(10-16)36-25-23(19)24(29-14-30-25)31-20-8-17-11-28-12-18(17)9-21(20)35-6-4-27/h8-9,11,14-16H,2-7,10,12-13,27H2,1H3,(H,29,30,31)/t15-,16+/m1/s1. The van der Waals surface area contributed by atoms with E-state index in [4.69, 9.17) is 15.2 Å². The van der Waals surface area contributed by atoms with Gasteiger partial charge in [-0.05, 0) is 55.0 Å². The minimum absolute atomic E-state index is 0.00254. The second kappa shape index (κ2) is 9.76. The van der Waals surface area contributed by atoms with Crippen LogP contribution in [0, 0.1) is 5.92 Å². The van der Waals surface area contributed by atoms with Gasteiger partial charge in [0.2, 0.25) is 5.91 Å². The Hall–Kier alpha value is -3.08. The first-order valence-electron chi connectivity index (χ1n) is 12.5. The van der Waals surface area contributed by atoms with Gasteiger partial charge in [-0.1, -0.05) is 0 Å². The molecule has 10 heteroatoms. The van der Waals surface area contributed by atoms with Gasteiger partial charge in [-0.25, -0.2) is 9.97 Å². The molecule has 1 fully saturated rings. The lowest BCUT2D eigenvalue weighted by molar-refractivity contribution is -0.143. The lowest BCUT2D eigenvalue weighted by Crippen LogP contribution is -2.50. The Kier molecular flexibility index (Phi) is 6.32. The zero-order valence-corrected chi connectivity index (χ0v) is 21.1. The quantitative estimate of drug-likeness (QED) is 0.528. The molecule has 1 amide bonds. The number of aryl methyl sites for hydroxylation is 1. The van der Waals surface area contributed by atoms with Gasteiger partial charge in [-0.15, -0.1) is 11.3 Å². The maximum Gasteiger partial charge on any atom is 0.226 e. The number of ether oxygens (including phenoxy) is 2. The molecule has 0 unspecified atom stereocenters. The minimum atomic E-state index is 0.00254. The number of aliphatic imine (C=N–C) groups is 1. The molecule has 3 aromatic rings. The van der Waals surface area contributed by atoms with Crippen molar-refractivity contribution in [2.75, 3.05) is 38.2 Å². The second-order valence-corrected chi connectivity index (χ2v) is 10.7. The van der Waals surface area contributed by atoms with Gasteiger partial charge in [0, 0.05) is 30.1 Å². The molecule has 1 aromatic carbocycles. The smallest absolute Gasteiger partial charge is 0.226 e. The summed E-state index contributed by atoms with van der Waals surface area (Å²) >= 11 is 1.68. The number of benzene rings is 1. The zero-order chi connectivity index (χ0) is 24.6. The maximum atomic E-state index is 13.3. The van der Waals surface area contributed by atoms with E-state index in [2.05, 4.69) is 33.3 Å². The van der Waals surface area contributed by atoms with Crippen LogP contribution in [0.5, 0.6) is 5.75 Å². The topological polar surface area (TPSA) is 115 Å². The fraction of sp³-hybridized carbons (Fsp3) is 0.462. The van der Waals surface area contributed by atoms with E-state index < -0.39 is 0 Å². The number of nitrogens with two attached hydrogens (primary N) is 1. The van der Waals surface area contributed by atoms with Crippen LogP contribution in [-0.2, 0) is 28.9 Å². The van der Waals surface area contributed by atoms with Crippen molar-refractivity contribution in [3.8, 4) is 5.75 Å². The van der Waals surface area contributed by atoms with Crippen molar-refractivity contribution in [1.82, 2.24) is 14.9 Å². The van der Waals surface area contributed by atoms with Crippen molar-refractivity contribution in [2.24, 2.45) is 16.6 Å². The number of carbonyl (C=O) groups is 1. The van der Waals surface area contributed by atoms with Crippen molar-refractivity contribution in [3.05, 3.63) is 40.0 Å². The fourth-order valence-electron chi connectivity index (χ4n) is 5.36. The van der Waals surface area contributed by atoms with E-state index in [9.17, 15) is 4.79 Å². The number of hydrogen-bond acceptors (Lipinski definition) is 9. The van der Waals surface area contributed by atoms with E-state index in [1.165, 1.54) is 10.4 Å². The predicted molar refractivity (Wildman–Crippen MR) is 140 cm³/mol. The molecule has 1 aliphatic carbocycles. The summed E-state index contributed by atoms with van der Waals surface area (Å²) in [7, 11) is 0. The lowest BCUT2D eigenvalue weighted by atomic mass is 9.86. The van der Waals surface area contributed by atoms with Crippen LogP contribution < -0.4 is 15.8 Å². The van der Waals surface area contributed by atoms with E-state index in [0.29, 0.717) is 39.5 Å². The molecular weight excluding hydrogens is 476 g/mol. The van der Waals surface area contributed by atoms with Crippen molar-refractivity contribution in [3.63, 3.8) is 0 Å². The first-order valence-corrected chi connectivity index (χ1v) is 13.3. The molecule has 188 valence electrons. The molecule has 0 spiro atoms. The Morgan fingerprint density at radius 1 is 1.36 bits per heavy atom. The number of amides is 1. The molecule has 0 bridgehead atoms. The summed E-state index contributed by atoms with van der Waals surface area (Å²) in [4.78, 5) is 31.1. The molecule has 3 aliphatic rings. The van der Waals surface area contributed by atoms with Crippen LogP contribution in [0.2, 0.25) is 0 Å². The summed E-state index contributed by atoms with van der Waals surface area (Å²) in [5.41, 5.74) is 10.00. The molecule has 4 heterocycles. The van der Waals surface area contributed by atoms with Gasteiger partial charge in [0.1, 0.15) is 29.3 Å². The summed E-state index contributed by atoms with van der Waals surface area (Å²) in [5, 5.41) is 4.56. The highest BCUT2D eigenvalue weighted by Gasteiger charge is 2.34. The van der Waals surface area contributed by atoms with Crippen molar-refractivity contribution in [1.29, 1.82) is 0 Å². The first kappa shape index (κ1) is 23.3. The van der Waals surface area contributed by atoms with Crippen molar-refractivity contribution >= 4 is 45.2 Å². The number of morpholine rings is 1. The minimum Gasteiger partial charge on any atom is -0.490 e. The average Bonchev–Trinajstić information content (AvgIpc) is 3.51. The number of thiophene rings is 1. The monoisotopic (exact) mass is 506 g/mol. The van der Waals surface area contributed by atoms with E-state index in [1.807, 2.05) is 17.2 Å². The highest BCUT2D eigenvalue weighted by molar-refractivity contribution is 7.19. The van der Waals surface area contributed by atoms with Crippen LogP contribution >= 0.6 is 11.3 Å². The second-order valence-electron chi connectivity index (χ2n) is 9.58. The molecule has 2 aliphatic heterocycles. The number of anilines is 2. The van der Waals surface area contributed by atoms with Crippen LogP contribution in [0.15, 0.2) is 23.5 Å². The lowest BCUT2D eigenvalue weighted by Gasteiger charge is -2.36. The van der Waals surface area contributed by atoms with Gasteiger partial charge in [0.25, 0.3) is 0 Å². The number of carbonyl (C=O) groups excluding carboxylic acids is 1.